The van der Waals surface area contributed by atoms with Gasteiger partial charge in [0.25, 0.3) is 5.91 Å². The van der Waals surface area contributed by atoms with Crippen molar-refractivity contribution in [1.82, 2.24) is 10.2 Å². The van der Waals surface area contributed by atoms with Gasteiger partial charge in [-0.25, -0.2) is 0 Å². The first-order chi connectivity index (χ1) is 12.3. The van der Waals surface area contributed by atoms with E-state index >= 15 is 0 Å². The quantitative estimate of drug-likeness (QED) is 0.911. The van der Waals surface area contributed by atoms with Gasteiger partial charge in [-0.15, -0.1) is 0 Å². The summed E-state index contributed by atoms with van der Waals surface area (Å²) in [7, 11) is 0. The van der Waals surface area contributed by atoms with Crippen molar-refractivity contribution in [3.63, 3.8) is 0 Å². The Morgan fingerprint density at radius 3 is 2.64 bits per heavy atom. The summed E-state index contributed by atoms with van der Waals surface area (Å²) in [5, 5.41) is 3.49. The lowest BCUT2D eigenvalue weighted by Gasteiger charge is -2.22. The second kappa shape index (κ2) is 7.75. The van der Waals surface area contributed by atoms with Crippen LogP contribution >= 0.6 is 0 Å². The first-order valence-corrected chi connectivity index (χ1v) is 9.64. The van der Waals surface area contributed by atoms with Gasteiger partial charge < -0.3 is 19.7 Å². The van der Waals surface area contributed by atoms with Gasteiger partial charge in [0, 0.05) is 19.7 Å². The van der Waals surface area contributed by atoms with Crippen LogP contribution in [0.4, 0.5) is 0 Å². The van der Waals surface area contributed by atoms with Crippen molar-refractivity contribution in [2.45, 2.75) is 31.8 Å². The third-order valence-corrected chi connectivity index (χ3v) is 5.87. The average Bonchev–Trinajstić information content (AvgIpc) is 3.28. The maximum atomic E-state index is 13.1. The number of nitrogens with one attached hydrogen (secondary N) is 1. The fourth-order valence-electron chi connectivity index (χ4n) is 4.32. The van der Waals surface area contributed by atoms with Gasteiger partial charge in [-0.3, -0.25) is 4.79 Å². The summed E-state index contributed by atoms with van der Waals surface area (Å²) in [5.41, 5.74) is 0.686. The summed E-state index contributed by atoms with van der Waals surface area (Å²) in [6.07, 6.45) is 4.50. The number of carbonyl (C=O) groups is 1. The summed E-state index contributed by atoms with van der Waals surface area (Å²) in [6, 6.07) is 7.64. The predicted molar refractivity (Wildman–Crippen MR) is 95.9 cm³/mol. The van der Waals surface area contributed by atoms with Gasteiger partial charge in [-0.1, -0.05) is 12.1 Å². The summed E-state index contributed by atoms with van der Waals surface area (Å²) in [6.45, 7) is 5.25. The highest BCUT2D eigenvalue weighted by Crippen LogP contribution is 2.29. The molecule has 0 aliphatic carbocycles. The molecule has 1 aromatic rings. The van der Waals surface area contributed by atoms with E-state index in [1.54, 1.807) is 0 Å². The Morgan fingerprint density at radius 2 is 1.92 bits per heavy atom. The Morgan fingerprint density at radius 1 is 1.16 bits per heavy atom. The van der Waals surface area contributed by atoms with E-state index in [0.717, 1.165) is 70.3 Å². The van der Waals surface area contributed by atoms with Crippen LogP contribution in [0.3, 0.4) is 0 Å². The number of nitrogens with zero attached hydrogens (tertiary/aromatic N) is 1. The molecule has 3 heterocycles. The number of benzene rings is 1. The number of amides is 1. The van der Waals surface area contributed by atoms with E-state index in [-0.39, 0.29) is 12.0 Å². The molecule has 3 saturated heterocycles. The maximum absolute atomic E-state index is 13.1. The van der Waals surface area contributed by atoms with Crippen molar-refractivity contribution >= 4 is 5.91 Å². The molecular weight excluding hydrogens is 316 g/mol. The van der Waals surface area contributed by atoms with Gasteiger partial charge in [0.15, 0.2) is 0 Å². The Balaban J connectivity index is 1.42. The SMILES string of the molecule is O=C(c1ccccc1OCC1CCCO1)N1CC[C@@H]2CNC[C@@H]2CC1. The first kappa shape index (κ1) is 16.9. The second-order valence-corrected chi connectivity index (χ2v) is 7.49. The van der Waals surface area contributed by atoms with E-state index in [9.17, 15) is 4.79 Å². The number of hydrogen-bond acceptors (Lipinski definition) is 4. The van der Waals surface area contributed by atoms with Crippen LogP contribution in [-0.4, -0.2) is 56.3 Å². The molecule has 0 saturated carbocycles. The van der Waals surface area contributed by atoms with Crippen LogP contribution in [0.1, 0.15) is 36.0 Å². The topological polar surface area (TPSA) is 50.8 Å². The van der Waals surface area contributed by atoms with Crippen LogP contribution in [0.15, 0.2) is 24.3 Å². The van der Waals surface area contributed by atoms with Gasteiger partial charge >= 0.3 is 0 Å². The molecule has 1 aromatic carbocycles. The summed E-state index contributed by atoms with van der Waals surface area (Å²) in [4.78, 5) is 15.1. The van der Waals surface area contributed by atoms with Crippen LogP contribution in [0.5, 0.6) is 5.75 Å². The molecule has 3 fully saturated rings. The zero-order valence-electron chi connectivity index (χ0n) is 14.8. The molecule has 1 N–H and O–H groups in total. The zero-order valence-corrected chi connectivity index (χ0v) is 14.8. The molecule has 0 radical (unpaired) electrons. The number of carbonyl (C=O) groups excluding carboxylic acids is 1. The molecule has 25 heavy (non-hydrogen) atoms. The Kier molecular flexibility index (Phi) is 5.22. The number of hydrogen-bond donors (Lipinski definition) is 1. The Labute approximate surface area is 149 Å². The average molecular weight is 344 g/mol. The Hall–Kier alpha value is -1.59. The highest BCUT2D eigenvalue weighted by Gasteiger charge is 2.32. The molecule has 5 nitrogen and oxygen atoms in total. The third-order valence-electron chi connectivity index (χ3n) is 5.87. The van der Waals surface area contributed by atoms with Crippen LogP contribution in [0.25, 0.3) is 0 Å². The first-order valence-electron chi connectivity index (χ1n) is 9.64. The molecule has 3 atom stereocenters. The van der Waals surface area contributed by atoms with Crippen molar-refractivity contribution in [2.24, 2.45) is 11.8 Å². The van der Waals surface area contributed by atoms with Gasteiger partial charge in [0.1, 0.15) is 12.4 Å². The number of fused-ring (bicyclic) bond motifs is 1. The molecule has 0 aromatic heterocycles. The highest BCUT2D eigenvalue weighted by atomic mass is 16.5. The fraction of sp³-hybridized carbons (Fsp3) is 0.650. The van der Waals surface area contributed by atoms with E-state index in [1.165, 1.54) is 0 Å². The second-order valence-electron chi connectivity index (χ2n) is 7.49. The molecule has 0 spiro atoms. The van der Waals surface area contributed by atoms with Gasteiger partial charge in [0.05, 0.1) is 11.7 Å². The smallest absolute Gasteiger partial charge is 0.257 e. The number of para-hydroxylation sites is 1. The summed E-state index contributed by atoms with van der Waals surface area (Å²) < 4.78 is 11.6. The molecule has 0 bridgehead atoms. The Bertz CT molecular complexity index is 586. The molecule has 3 aliphatic rings. The monoisotopic (exact) mass is 344 g/mol. The van der Waals surface area contributed by atoms with Gasteiger partial charge in [0.2, 0.25) is 0 Å². The van der Waals surface area contributed by atoms with Crippen LogP contribution in [-0.2, 0) is 4.74 Å². The lowest BCUT2D eigenvalue weighted by atomic mass is 9.92. The largest absolute Gasteiger partial charge is 0.490 e. The van der Waals surface area contributed by atoms with E-state index in [0.29, 0.717) is 17.9 Å². The minimum absolute atomic E-state index is 0.107. The highest BCUT2D eigenvalue weighted by molar-refractivity contribution is 5.97. The molecule has 1 unspecified atom stereocenters. The maximum Gasteiger partial charge on any atom is 0.257 e. The van der Waals surface area contributed by atoms with Gasteiger partial charge in [-0.2, -0.15) is 0 Å². The van der Waals surface area contributed by atoms with Gasteiger partial charge in [-0.05, 0) is 62.7 Å². The molecule has 1 amide bonds. The van der Waals surface area contributed by atoms with Crippen LogP contribution in [0.2, 0.25) is 0 Å². The molecule has 3 aliphatic heterocycles. The predicted octanol–water partition coefficient (Wildman–Crippen LogP) is 2.32. The molecule has 5 heteroatoms. The lowest BCUT2D eigenvalue weighted by molar-refractivity contribution is 0.0651. The summed E-state index contributed by atoms with van der Waals surface area (Å²) in [5.74, 6) is 2.25. The van der Waals surface area contributed by atoms with E-state index in [2.05, 4.69) is 5.32 Å². The van der Waals surface area contributed by atoms with Crippen LogP contribution in [0, 0.1) is 11.8 Å². The normalized spacial score (nSPS) is 29.3. The van der Waals surface area contributed by atoms with Crippen molar-refractivity contribution in [2.75, 3.05) is 39.4 Å². The third kappa shape index (κ3) is 3.82. The number of rotatable bonds is 4. The minimum Gasteiger partial charge on any atom is -0.490 e. The molecule has 136 valence electrons. The lowest BCUT2D eigenvalue weighted by Crippen LogP contribution is -2.33. The minimum atomic E-state index is 0.107. The van der Waals surface area contributed by atoms with Crippen LogP contribution < -0.4 is 10.1 Å². The number of ether oxygens (including phenoxy) is 2. The fourth-order valence-corrected chi connectivity index (χ4v) is 4.32. The van der Waals surface area contributed by atoms with Crippen molar-refractivity contribution in [3.05, 3.63) is 29.8 Å². The molecular formula is C20H28N2O3. The standard InChI is InChI=1S/C20H28N2O3/c23-20(22-9-7-15-12-21-13-16(15)8-10-22)18-5-1-2-6-19(18)25-14-17-4-3-11-24-17/h1-2,5-6,15-17,21H,3-4,7-14H2/t15-,16+,17?. The van der Waals surface area contributed by atoms with Crippen molar-refractivity contribution < 1.29 is 14.3 Å². The van der Waals surface area contributed by atoms with E-state index < -0.39 is 0 Å². The zero-order chi connectivity index (χ0) is 17.1. The van der Waals surface area contributed by atoms with Crippen molar-refractivity contribution in [1.29, 1.82) is 0 Å². The van der Waals surface area contributed by atoms with E-state index in [1.807, 2.05) is 29.2 Å². The summed E-state index contributed by atoms with van der Waals surface area (Å²) >= 11 is 0. The van der Waals surface area contributed by atoms with Crippen molar-refractivity contribution in [3.8, 4) is 5.75 Å². The molecule has 4 rings (SSSR count). The van der Waals surface area contributed by atoms with E-state index in [4.69, 9.17) is 9.47 Å². The number of likely N-dealkylation sites (tertiary alicyclic amines) is 1.